The number of aryl methyl sites for hydroxylation is 2. The summed E-state index contributed by atoms with van der Waals surface area (Å²) in [4.78, 5) is 0.214. The summed E-state index contributed by atoms with van der Waals surface area (Å²) in [5.41, 5.74) is 2.33. The molecule has 0 amide bonds. The Morgan fingerprint density at radius 1 is 0.857 bits per heavy atom. The monoisotopic (exact) mass is 397 g/mol. The van der Waals surface area contributed by atoms with Crippen molar-refractivity contribution in [3.8, 4) is 17.2 Å². The third-order valence-corrected chi connectivity index (χ3v) is 5.65. The normalized spacial score (nSPS) is 11.1. The zero-order valence-electron chi connectivity index (χ0n) is 16.1. The van der Waals surface area contributed by atoms with Gasteiger partial charge in [-0.05, 0) is 80.4 Å². The number of benzene rings is 3. The van der Waals surface area contributed by atoms with E-state index in [9.17, 15) is 8.42 Å². The van der Waals surface area contributed by atoms with Gasteiger partial charge in [-0.1, -0.05) is 18.2 Å². The average molecular weight is 397 g/mol. The Kier molecular flexibility index (Phi) is 5.90. The summed E-state index contributed by atoms with van der Waals surface area (Å²) in [7, 11) is -3.73. The Bertz CT molecular complexity index is 1060. The number of rotatable bonds is 7. The molecule has 0 unspecified atom stereocenters. The largest absolute Gasteiger partial charge is 0.494 e. The second kappa shape index (κ2) is 8.35. The minimum Gasteiger partial charge on any atom is -0.494 e. The molecular weight excluding hydrogens is 374 g/mol. The van der Waals surface area contributed by atoms with Crippen LogP contribution in [0.1, 0.15) is 18.1 Å². The molecule has 0 aliphatic rings. The molecule has 146 valence electrons. The fourth-order valence-corrected chi connectivity index (χ4v) is 3.78. The van der Waals surface area contributed by atoms with E-state index in [1.807, 2.05) is 20.8 Å². The molecule has 0 aliphatic heterocycles. The van der Waals surface area contributed by atoms with Gasteiger partial charge >= 0.3 is 0 Å². The van der Waals surface area contributed by atoms with Crippen molar-refractivity contribution in [2.45, 2.75) is 25.7 Å². The fraction of sp³-hybridized carbons (Fsp3) is 0.182. The van der Waals surface area contributed by atoms with Crippen LogP contribution in [0.4, 0.5) is 5.69 Å². The highest BCUT2D eigenvalue weighted by Gasteiger charge is 2.17. The van der Waals surface area contributed by atoms with E-state index < -0.39 is 10.0 Å². The van der Waals surface area contributed by atoms with E-state index in [1.54, 1.807) is 66.7 Å². The van der Waals surface area contributed by atoms with Crippen molar-refractivity contribution in [3.63, 3.8) is 0 Å². The third-order valence-electron chi connectivity index (χ3n) is 4.28. The quantitative estimate of drug-likeness (QED) is 0.588. The van der Waals surface area contributed by atoms with Crippen LogP contribution in [-0.2, 0) is 10.0 Å². The van der Waals surface area contributed by atoms with Crippen LogP contribution in [-0.4, -0.2) is 15.0 Å². The standard InChI is InChI=1S/C22H23NO4S/c1-4-26-18-10-12-19(13-11-18)27-22-8-6-5-7-21(22)23-28(24,25)20-14-9-16(2)17(3)15-20/h5-15,23H,4H2,1-3H3. The van der Waals surface area contributed by atoms with E-state index >= 15 is 0 Å². The first-order chi connectivity index (χ1) is 13.4. The molecule has 3 aromatic rings. The molecule has 3 rings (SSSR count). The van der Waals surface area contributed by atoms with Gasteiger partial charge in [0.05, 0.1) is 17.2 Å². The van der Waals surface area contributed by atoms with Crippen molar-refractivity contribution >= 4 is 15.7 Å². The van der Waals surface area contributed by atoms with E-state index in [1.165, 1.54) is 0 Å². The van der Waals surface area contributed by atoms with Crippen molar-refractivity contribution in [2.75, 3.05) is 11.3 Å². The van der Waals surface area contributed by atoms with Crippen molar-refractivity contribution in [1.82, 2.24) is 0 Å². The van der Waals surface area contributed by atoms with Gasteiger partial charge in [0.15, 0.2) is 5.75 Å². The van der Waals surface area contributed by atoms with Crippen LogP contribution >= 0.6 is 0 Å². The second-order valence-corrected chi connectivity index (χ2v) is 8.04. The number of hydrogen-bond donors (Lipinski definition) is 1. The molecule has 0 spiro atoms. The third kappa shape index (κ3) is 4.64. The molecule has 0 aromatic heterocycles. The summed E-state index contributed by atoms with van der Waals surface area (Å²) in [5, 5.41) is 0. The summed E-state index contributed by atoms with van der Waals surface area (Å²) in [6.07, 6.45) is 0. The maximum Gasteiger partial charge on any atom is 0.262 e. The maximum atomic E-state index is 12.8. The van der Waals surface area contributed by atoms with E-state index in [0.717, 1.165) is 16.9 Å². The molecule has 0 radical (unpaired) electrons. The fourth-order valence-electron chi connectivity index (χ4n) is 2.62. The maximum absolute atomic E-state index is 12.8. The number of anilines is 1. The number of hydrogen-bond acceptors (Lipinski definition) is 4. The predicted octanol–water partition coefficient (Wildman–Crippen LogP) is 5.30. The Labute approximate surface area is 166 Å². The highest BCUT2D eigenvalue weighted by atomic mass is 32.2. The Balaban J connectivity index is 1.84. The number of sulfonamides is 1. The SMILES string of the molecule is CCOc1ccc(Oc2ccccc2NS(=O)(=O)c2ccc(C)c(C)c2)cc1. The van der Waals surface area contributed by atoms with E-state index in [-0.39, 0.29) is 4.90 Å². The van der Waals surface area contributed by atoms with E-state index in [4.69, 9.17) is 9.47 Å². The van der Waals surface area contributed by atoms with Crippen LogP contribution in [0, 0.1) is 13.8 Å². The Morgan fingerprint density at radius 2 is 1.54 bits per heavy atom. The molecule has 5 nitrogen and oxygen atoms in total. The molecule has 0 aliphatic carbocycles. The summed E-state index contributed by atoms with van der Waals surface area (Å²) in [6, 6.07) is 19.2. The van der Waals surface area contributed by atoms with Gasteiger partial charge in [-0.25, -0.2) is 8.42 Å². The summed E-state index contributed by atoms with van der Waals surface area (Å²) >= 11 is 0. The van der Waals surface area contributed by atoms with Gasteiger partial charge in [-0.2, -0.15) is 0 Å². The van der Waals surface area contributed by atoms with Crippen molar-refractivity contribution in [2.24, 2.45) is 0 Å². The molecule has 0 bridgehead atoms. The van der Waals surface area contributed by atoms with Crippen LogP contribution in [0.3, 0.4) is 0 Å². The van der Waals surface area contributed by atoms with Crippen molar-refractivity contribution in [3.05, 3.63) is 77.9 Å². The van der Waals surface area contributed by atoms with Gasteiger partial charge in [0.25, 0.3) is 10.0 Å². The summed E-state index contributed by atoms with van der Waals surface area (Å²) in [5.74, 6) is 1.75. The Morgan fingerprint density at radius 3 is 2.21 bits per heavy atom. The van der Waals surface area contributed by atoms with Crippen LogP contribution in [0.2, 0.25) is 0 Å². The van der Waals surface area contributed by atoms with Gasteiger partial charge in [-0.15, -0.1) is 0 Å². The highest BCUT2D eigenvalue weighted by Crippen LogP contribution is 2.32. The van der Waals surface area contributed by atoms with Gasteiger partial charge in [-0.3, -0.25) is 4.72 Å². The van der Waals surface area contributed by atoms with Gasteiger partial charge in [0.1, 0.15) is 11.5 Å². The minimum atomic E-state index is -3.73. The minimum absolute atomic E-state index is 0.214. The molecule has 0 atom stereocenters. The molecular formula is C22H23NO4S. The first kappa shape index (κ1) is 19.8. The van der Waals surface area contributed by atoms with Crippen molar-refractivity contribution < 1.29 is 17.9 Å². The zero-order valence-corrected chi connectivity index (χ0v) is 16.9. The average Bonchev–Trinajstić information content (AvgIpc) is 2.67. The van der Waals surface area contributed by atoms with Crippen LogP contribution < -0.4 is 14.2 Å². The van der Waals surface area contributed by atoms with Gasteiger partial charge in [0.2, 0.25) is 0 Å². The van der Waals surface area contributed by atoms with Crippen molar-refractivity contribution in [1.29, 1.82) is 0 Å². The Hall–Kier alpha value is -2.99. The number of nitrogens with one attached hydrogen (secondary N) is 1. The van der Waals surface area contributed by atoms with E-state index in [2.05, 4.69) is 4.72 Å². The summed E-state index contributed by atoms with van der Waals surface area (Å²) < 4.78 is 39.5. The van der Waals surface area contributed by atoms with Crippen LogP contribution in [0.15, 0.2) is 71.6 Å². The van der Waals surface area contributed by atoms with Gasteiger partial charge in [0, 0.05) is 0 Å². The van der Waals surface area contributed by atoms with E-state index in [0.29, 0.717) is 23.8 Å². The molecule has 0 saturated carbocycles. The second-order valence-electron chi connectivity index (χ2n) is 6.35. The molecule has 1 N–H and O–H groups in total. The predicted molar refractivity (Wildman–Crippen MR) is 111 cm³/mol. The topological polar surface area (TPSA) is 64.6 Å². The molecule has 3 aromatic carbocycles. The molecule has 0 saturated heterocycles. The summed E-state index contributed by atoms with van der Waals surface area (Å²) in [6.45, 7) is 6.34. The zero-order chi connectivity index (χ0) is 20.1. The first-order valence-electron chi connectivity index (χ1n) is 8.99. The number of ether oxygens (including phenoxy) is 2. The number of para-hydroxylation sites is 2. The van der Waals surface area contributed by atoms with Crippen LogP contribution in [0.25, 0.3) is 0 Å². The first-order valence-corrected chi connectivity index (χ1v) is 10.5. The smallest absolute Gasteiger partial charge is 0.262 e. The lowest BCUT2D eigenvalue weighted by Gasteiger charge is -2.14. The lowest BCUT2D eigenvalue weighted by atomic mass is 10.1. The molecule has 0 fully saturated rings. The lowest BCUT2D eigenvalue weighted by Crippen LogP contribution is -2.13. The molecule has 0 heterocycles. The lowest BCUT2D eigenvalue weighted by molar-refractivity contribution is 0.339. The van der Waals surface area contributed by atoms with Gasteiger partial charge < -0.3 is 9.47 Å². The van der Waals surface area contributed by atoms with Crippen LogP contribution in [0.5, 0.6) is 17.2 Å². The molecule has 6 heteroatoms. The highest BCUT2D eigenvalue weighted by molar-refractivity contribution is 7.92. The molecule has 28 heavy (non-hydrogen) atoms.